The van der Waals surface area contributed by atoms with Gasteiger partial charge in [0.1, 0.15) is 11.6 Å². The van der Waals surface area contributed by atoms with Crippen molar-refractivity contribution in [2.45, 2.75) is 69.2 Å². The molecule has 0 aromatic heterocycles. The molecule has 4 fully saturated rings. The van der Waals surface area contributed by atoms with Crippen LogP contribution in [0.25, 0.3) is 0 Å². The molecule has 1 amide bonds. The Bertz CT molecular complexity index is 1280. The summed E-state index contributed by atoms with van der Waals surface area (Å²) in [7, 11) is 1.46. The minimum absolute atomic E-state index is 0.0403. The molecule has 4 saturated carbocycles. The first kappa shape index (κ1) is 25.4. The molecule has 0 unspecified atom stereocenters. The number of anilines is 1. The van der Waals surface area contributed by atoms with Crippen LogP contribution in [0.15, 0.2) is 48.0 Å². The molecule has 2 bridgehead atoms. The molecule has 202 valence electrons. The summed E-state index contributed by atoms with van der Waals surface area (Å²) in [6.45, 7) is 0. The van der Waals surface area contributed by atoms with Crippen molar-refractivity contribution >= 4 is 11.6 Å². The van der Waals surface area contributed by atoms with Crippen molar-refractivity contribution in [3.05, 3.63) is 70.6 Å². The number of alkyl halides is 3. The molecule has 8 heteroatoms. The topological polar surface area (TPSA) is 49.8 Å². The summed E-state index contributed by atoms with van der Waals surface area (Å²) in [6, 6.07) is 7.83. The number of aliphatic hydroxyl groups excluding tert-OH is 1. The van der Waals surface area contributed by atoms with Crippen LogP contribution < -0.4 is 9.64 Å². The lowest BCUT2D eigenvalue weighted by molar-refractivity contribution is -0.139. The molecule has 2 aromatic rings. The number of hydrogen-bond acceptors (Lipinski definition) is 3. The minimum Gasteiger partial charge on any atom is -0.496 e. The zero-order chi connectivity index (χ0) is 26.8. The number of methoxy groups -OCH3 is 1. The maximum atomic E-state index is 14.3. The number of halogens is 4. The first-order valence-electron chi connectivity index (χ1n) is 13.4. The lowest BCUT2D eigenvalue weighted by Crippen LogP contribution is -2.44. The predicted octanol–water partition coefficient (Wildman–Crippen LogP) is 6.87. The maximum Gasteiger partial charge on any atom is 0.419 e. The summed E-state index contributed by atoms with van der Waals surface area (Å²) >= 11 is 0. The monoisotopic (exact) mass is 529 g/mol. The van der Waals surface area contributed by atoms with Crippen LogP contribution in [0.5, 0.6) is 5.75 Å². The Labute approximate surface area is 219 Å². The number of nitrogens with zero attached hydrogens (tertiary/aromatic N) is 1. The second-order valence-electron chi connectivity index (χ2n) is 11.3. The second-order valence-corrected chi connectivity index (χ2v) is 11.3. The molecular formula is C30H31F4NO3. The number of carbonyl (C=O) groups excluding carboxylic acids is 1. The zero-order valence-electron chi connectivity index (χ0n) is 21.2. The number of amides is 1. The SMILES string of the molecule is COc1ccc(C2CC(O)C2)cc1C(=O)N(c1ccc(F)c(C(F)(F)F)c1)[C@@H]1C[C@H]2CC[C@@H]1/C2=C\C1CC1. The van der Waals surface area contributed by atoms with Gasteiger partial charge in [0.25, 0.3) is 5.91 Å². The zero-order valence-corrected chi connectivity index (χ0v) is 21.2. The molecule has 4 aliphatic rings. The van der Waals surface area contributed by atoms with Gasteiger partial charge < -0.3 is 14.7 Å². The third kappa shape index (κ3) is 4.51. The molecule has 4 aliphatic carbocycles. The van der Waals surface area contributed by atoms with E-state index in [1.165, 1.54) is 23.6 Å². The fourth-order valence-electron chi connectivity index (χ4n) is 6.70. The number of aliphatic hydroxyl groups is 1. The fourth-order valence-corrected chi connectivity index (χ4v) is 6.70. The van der Waals surface area contributed by atoms with Crippen molar-refractivity contribution in [1.29, 1.82) is 0 Å². The normalized spacial score (nSPS) is 29.4. The average Bonchev–Trinajstić information content (AvgIpc) is 3.54. The van der Waals surface area contributed by atoms with E-state index >= 15 is 0 Å². The number of allylic oxidation sites excluding steroid dienone is 1. The molecule has 0 saturated heterocycles. The van der Waals surface area contributed by atoms with Gasteiger partial charge in [-0.3, -0.25) is 4.79 Å². The Kier molecular flexibility index (Phi) is 6.29. The van der Waals surface area contributed by atoms with Gasteiger partial charge in [-0.2, -0.15) is 13.2 Å². The van der Waals surface area contributed by atoms with Gasteiger partial charge in [0, 0.05) is 17.6 Å². The molecule has 0 heterocycles. The Morgan fingerprint density at radius 2 is 1.79 bits per heavy atom. The Hall–Kier alpha value is -2.87. The van der Waals surface area contributed by atoms with Crippen LogP contribution >= 0.6 is 0 Å². The molecular weight excluding hydrogens is 498 g/mol. The van der Waals surface area contributed by atoms with Crippen molar-refractivity contribution in [3.63, 3.8) is 0 Å². The minimum atomic E-state index is -4.89. The van der Waals surface area contributed by atoms with E-state index in [9.17, 15) is 27.5 Å². The maximum absolute atomic E-state index is 14.3. The van der Waals surface area contributed by atoms with Crippen molar-refractivity contribution < 1.29 is 32.2 Å². The van der Waals surface area contributed by atoms with Crippen LogP contribution in [0.2, 0.25) is 0 Å². The van der Waals surface area contributed by atoms with E-state index in [-0.39, 0.29) is 35.2 Å². The van der Waals surface area contributed by atoms with Crippen molar-refractivity contribution in [2.75, 3.05) is 12.0 Å². The molecule has 2 aromatic carbocycles. The fraction of sp³-hybridized carbons (Fsp3) is 0.500. The molecule has 1 N–H and O–H groups in total. The summed E-state index contributed by atoms with van der Waals surface area (Å²) in [6.07, 6.45) is 3.14. The first-order chi connectivity index (χ1) is 18.1. The van der Waals surface area contributed by atoms with Gasteiger partial charge in [0.2, 0.25) is 0 Å². The Morgan fingerprint density at radius 1 is 1.03 bits per heavy atom. The quantitative estimate of drug-likeness (QED) is 0.328. The van der Waals surface area contributed by atoms with Gasteiger partial charge >= 0.3 is 6.18 Å². The molecule has 6 rings (SSSR count). The Balaban J connectivity index is 1.44. The van der Waals surface area contributed by atoms with Crippen LogP contribution in [0.3, 0.4) is 0 Å². The van der Waals surface area contributed by atoms with E-state index in [1.807, 2.05) is 6.07 Å². The number of benzene rings is 2. The van der Waals surface area contributed by atoms with E-state index in [0.29, 0.717) is 36.8 Å². The van der Waals surface area contributed by atoms with E-state index in [1.54, 1.807) is 12.1 Å². The van der Waals surface area contributed by atoms with Crippen molar-refractivity contribution in [3.8, 4) is 5.75 Å². The molecule has 3 atom stereocenters. The van der Waals surface area contributed by atoms with Crippen LogP contribution in [-0.4, -0.2) is 30.3 Å². The van der Waals surface area contributed by atoms with Gasteiger partial charge in [-0.25, -0.2) is 4.39 Å². The number of ether oxygens (including phenoxy) is 1. The highest BCUT2D eigenvalue weighted by Crippen LogP contribution is 2.54. The number of rotatable bonds is 6. The molecule has 0 radical (unpaired) electrons. The number of carbonyl (C=O) groups is 1. The van der Waals surface area contributed by atoms with E-state index in [2.05, 4.69) is 6.08 Å². The lowest BCUT2D eigenvalue weighted by Gasteiger charge is -2.36. The lowest BCUT2D eigenvalue weighted by atomic mass is 9.77. The second kappa shape index (κ2) is 9.40. The molecule has 0 spiro atoms. The third-order valence-corrected chi connectivity index (χ3v) is 8.89. The van der Waals surface area contributed by atoms with E-state index in [0.717, 1.165) is 43.4 Å². The molecule has 38 heavy (non-hydrogen) atoms. The molecule has 0 aliphatic heterocycles. The van der Waals surface area contributed by atoms with Gasteiger partial charge in [-0.05, 0) is 98.6 Å². The van der Waals surface area contributed by atoms with Crippen LogP contribution in [-0.2, 0) is 6.18 Å². The van der Waals surface area contributed by atoms with Crippen LogP contribution in [0.4, 0.5) is 23.2 Å². The van der Waals surface area contributed by atoms with Gasteiger partial charge in [0.15, 0.2) is 0 Å². The smallest absolute Gasteiger partial charge is 0.419 e. The standard InChI is InChI=1S/C30H31F4NO3/c1-38-28-9-5-17(19-11-21(36)12-19)13-24(28)29(37)35(20-6-8-26(31)25(15-20)30(32,33)34)27-14-18-4-7-22(27)23(18)10-16-2-3-16/h5-6,8-10,13,15-16,18-19,21-22,27,36H,2-4,7,11-12,14H2,1H3/b23-10-/t18-,19?,21?,22-,27-/m1/s1. The summed E-state index contributed by atoms with van der Waals surface area (Å²) in [5, 5.41) is 9.78. The predicted molar refractivity (Wildman–Crippen MR) is 135 cm³/mol. The van der Waals surface area contributed by atoms with Crippen LogP contribution in [0.1, 0.15) is 72.3 Å². The van der Waals surface area contributed by atoms with Crippen LogP contribution in [0, 0.1) is 23.6 Å². The number of hydrogen-bond donors (Lipinski definition) is 1. The van der Waals surface area contributed by atoms with Crippen molar-refractivity contribution in [1.82, 2.24) is 0 Å². The Morgan fingerprint density at radius 3 is 2.45 bits per heavy atom. The van der Waals surface area contributed by atoms with E-state index < -0.39 is 23.5 Å². The highest BCUT2D eigenvalue weighted by Gasteiger charge is 2.49. The van der Waals surface area contributed by atoms with Gasteiger partial charge in [-0.15, -0.1) is 0 Å². The summed E-state index contributed by atoms with van der Waals surface area (Å²) in [5.41, 5.74) is 1.14. The van der Waals surface area contributed by atoms with Gasteiger partial charge in [-0.1, -0.05) is 17.7 Å². The first-order valence-corrected chi connectivity index (χ1v) is 13.4. The van der Waals surface area contributed by atoms with Gasteiger partial charge in [0.05, 0.1) is 24.3 Å². The average molecular weight is 530 g/mol. The number of fused-ring (bicyclic) bond motifs is 2. The summed E-state index contributed by atoms with van der Waals surface area (Å²) in [4.78, 5) is 15.8. The van der Waals surface area contributed by atoms with E-state index in [4.69, 9.17) is 4.74 Å². The highest BCUT2D eigenvalue weighted by atomic mass is 19.4. The third-order valence-electron chi connectivity index (χ3n) is 8.89. The summed E-state index contributed by atoms with van der Waals surface area (Å²) < 4.78 is 60.9. The van der Waals surface area contributed by atoms with Crippen molar-refractivity contribution in [2.24, 2.45) is 17.8 Å². The summed E-state index contributed by atoms with van der Waals surface area (Å²) in [5.74, 6) is -0.431. The largest absolute Gasteiger partial charge is 0.496 e. The molecule has 4 nitrogen and oxygen atoms in total. The highest BCUT2D eigenvalue weighted by molar-refractivity contribution is 6.08.